The first-order valence-electron chi connectivity index (χ1n) is 8.29. The van der Waals surface area contributed by atoms with E-state index >= 15 is 0 Å². The van der Waals surface area contributed by atoms with Crippen molar-refractivity contribution in [1.29, 1.82) is 0 Å². The second-order valence-electron chi connectivity index (χ2n) is 6.13. The number of hydrogen-bond acceptors (Lipinski definition) is 3. The normalized spacial score (nSPS) is 12.0. The van der Waals surface area contributed by atoms with Crippen LogP contribution >= 0.6 is 11.3 Å². The van der Waals surface area contributed by atoms with E-state index in [0.717, 1.165) is 20.6 Å². The van der Waals surface area contributed by atoms with E-state index in [1.54, 1.807) is 18.4 Å². The molecule has 0 aliphatic carbocycles. The number of rotatable bonds is 5. The Morgan fingerprint density at radius 1 is 1.20 bits per heavy atom. The third-order valence-electron chi connectivity index (χ3n) is 4.05. The van der Waals surface area contributed by atoms with Gasteiger partial charge in [-0.3, -0.25) is 4.79 Å². The molecule has 2 aromatic carbocycles. The van der Waals surface area contributed by atoms with Crippen LogP contribution in [-0.2, 0) is 22.5 Å². The largest absolute Gasteiger partial charge is 0.383 e. The second kappa shape index (κ2) is 7.76. The monoisotopic (exact) mass is 354 g/mol. The van der Waals surface area contributed by atoms with Crippen molar-refractivity contribution in [2.24, 2.45) is 4.99 Å². The van der Waals surface area contributed by atoms with E-state index in [9.17, 15) is 4.79 Å². The van der Waals surface area contributed by atoms with Crippen molar-refractivity contribution in [3.05, 3.63) is 64.0 Å². The highest BCUT2D eigenvalue weighted by molar-refractivity contribution is 7.16. The fourth-order valence-electron chi connectivity index (χ4n) is 2.98. The van der Waals surface area contributed by atoms with Gasteiger partial charge < -0.3 is 9.30 Å². The van der Waals surface area contributed by atoms with E-state index in [-0.39, 0.29) is 5.91 Å². The van der Waals surface area contributed by atoms with E-state index < -0.39 is 0 Å². The number of benzene rings is 2. The number of aromatic nitrogens is 1. The number of aryl methyl sites for hydroxylation is 2. The predicted molar refractivity (Wildman–Crippen MR) is 102 cm³/mol. The van der Waals surface area contributed by atoms with Gasteiger partial charge in [0, 0.05) is 13.7 Å². The van der Waals surface area contributed by atoms with Gasteiger partial charge in [0.05, 0.1) is 23.2 Å². The molecule has 25 heavy (non-hydrogen) atoms. The lowest BCUT2D eigenvalue weighted by Crippen LogP contribution is -2.20. The number of ether oxygens (including phenoxy) is 1. The first-order chi connectivity index (χ1) is 12.1. The molecule has 0 radical (unpaired) electrons. The average molecular weight is 354 g/mol. The first-order valence-corrected chi connectivity index (χ1v) is 9.11. The molecule has 0 aliphatic rings. The van der Waals surface area contributed by atoms with E-state index in [2.05, 4.69) is 35.5 Å². The summed E-state index contributed by atoms with van der Waals surface area (Å²) in [4.78, 5) is 17.6. The summed E-state index contributed by atoms with van der Waals surface area (Å²) in [5, 5.41) is 0. The first kappa shape index (κ1) is 17.6. The predicted octanol–water partition coefficient (Wildman–Crippen LogP) is 3.64. The lowest BCUT2D eigenvalue weighted by Gasteiger charge is -2.07. The van der Waals surface area contributed by atoms with Gasteiger partial charge in [0.15, 0.2) is 4.80 Å². The maximum absolute atomic E-state index is 12.4. The molecule has 1 amide bonds. The van der Waals surface area contributed by atoms with Crippen molar-refractivity contribution >= 4 is 27.5 Å². The van der Waals surface area contributed by atoms with Crippen molar-refractivity contribution in [2.45, 2.75) is 26.8 Å². The minimum atomic E-state index is -0.127. The van der Waals surface area contributed by atoms with Crippen LogP contribution in [0, 0.1) is 13.8 Å². The maximum atomic E-state index is 12.4. The molecule has 3 aromatic rings. The van der Waals surface area contributed by atoms with Gasteiger partial charge in [0.1, 0.15) is 0 Å². The molecule has 130 valence electrons. The van der Waals surface area contributed by atoms with Crippen LogP contribution in [0.5, 0.6) is 0 Å². The molecule has 4 nitrogen and oxygen atoms in total. The Morgan fingerprint density at radius 2 is 1.96 bits per heavy atom. The minimum Gasteiger partial charge on any atom is -0.383 e. The summed E-state index contributed by atoms with van der Waals surface area (Å²) in [6, 6.07) is 14.0. The number of amides is 1. The highest BCUT2D eigenvalue weighted by atomic mass is 32.1. The number of thiazole rings is 1. The zero-order chi connectivity index (χ0) is 17.8. The van der Waals surface area contributed by atoms with Crippen LogP contribution in [0.4, 0.5) is 0 Å². The zero-order valence-corrected chi connectivity index (χ0v) is 15.6. The molecule has 1 heterocycles. The molecule has 0 N–H and O–H groups in total. The van der Waals surface area contributed by atoms with Crippen LogP contribution in [0.1, 0.15) is 16.7 Å². The van der Waals surface area contributed by atoms with Gasteiger partial charge >= 0.3 is 0 Å². The van der Waals surface area contributed by atoms with Gasteiger partial charge in [0.25, 0.3) is 5.91 Å². The summed E-state index contributed by atoms with van der Waals surface area (Å²) in [5.74, 6) is -0.127. The van der Waals surface area contributed by atoms with Crippen LogP contribution in [0.2, 0.25) is 0 Å². The van der Waals surface area contributed by atoms with Crippen molar-refractivity contribution < 1.29 is 9.53 Å². The number of fused-ring (bicyclic) bond motifs is 1. The molecule has 3 rings (SSSR count). The Balaban J connectivity index is 2.04. The Morgan fingerprint density at radius 3 is 2.68 bits per heavy atom. The van der Waals surface area contributed by atoms with Crippen molar-refractivity contribution in [1.82, 2.24) is 4.57 Å². The summed E-state index contributed by atoms with van der Waals surface area (Å²) in [5.41, 5.74) is 4.53. The summed E-state index contributed by atoms with van der Waals surface area (Å²) in [6.45, 7) is 5.45. The van der Waals surface area contributed by atoms with Gasteiger partial charge in [-0.25, -0.2) is 0 Å². The van der Waals surface area contributed by atoms with Gasteiger partial charge in [-0.15, -0.1) is 0 Å². The van der Waals surface area contributed by atoms with Gasteiger partial charge in [-0.05, 0) is 36.6 Å². The highest BCUT2D eigenvalue weighted by Gasteiger charge is 2.11. The van der Waals surface area contributed by atoms with Crippen molar-refractivity contribution in [3.63, 3.8) is 0 Å². The van der Waals surface area contributed by atoms with E-state index in [1.165, 1.54) is 11.1 Å². The third kappa shape index (κ3) is 4.06. The molecule has 5 heteroatoms. The zero-order valence-electron chi connectivity index (χ0n) is 14.8. The average Bonchev–Trinajstić information content (AvgIpc) is 2.90. The summed E-state index contributed by atoms with van der Waals surface area (Å²) in [6.07, 6.45) is 0.317. The highest BCUT2D eigenvalue weighted by Crippen LogP contribution is 2.23. The Bertz CT molecular complexity index is 955. The maximum Gasteiger partial charge on any atom is 0.252 e. The topological polar surface area (TPSA) is 43.6 Å². The summed E-state index contributed by atoms with van der Waals surface area (Å²) in [7, 11) is 1.68. The standard InChI is InChI=1S/C20H22N2O2S/c1-14-11-15(2)19-17(12-14)25-20(22(19)9-10-24-3)21-18(23)13-16-7-5-4-6-8-16/h4-8,11-12H,9-10,13H2,1-3H3. The molecular formula is C20H22N2O2S. The minimum absolute atomic E-state index is 0.127. The van der Waals surface area contributed by atoms with Crippen LogP contribution in [-0.4, -0.2) is 24.2 Å². The Hall–Kier alpha value is -2.24. The molecule has 0 unspecified atom stereocenters. The van der Waals surface area contributed by atoms with Gasteiger partial charge in [-0.2, -0.15) is 4.99 Å². The summed E-state index contributed by atoms with van der Waals surface area (Å²) >= 11 is 1.56. The number of nitrogens with zero attached hydrogens (tertiary/aromatic N) is 2. The third-order valence-corrected chi connectivity index (χ3v) is 5.07. The van der Waals surface area contributed by atoms with Crippen LogP contribution in [0.3, 0.4) is 0 Å². The lowest BCUT2D eigenvalue weighted by molar-refractivity contribution is -0.117. The Labute approximate surface area is 151 Å². The van der Waals surface area contributed by atoms with Gasteiger partial charge in [0.2, 0.25) is 0 Å². The number of methoxy groups -OCH3 is 1. The van der Waals surface area contributed by atoms with Crippen LogP contribution < -0.4 is 4.80 Å². The van der Waals surface area contributed by atoms with Crippen molar-refractivity contribution in [2.75, 3.05) is 13.7 Å². The molecule has 0 bridgehead atoms. The SMILES string of the molecule is COCCn1c(=NC(=O)Cc2ccccc2)sc2cc(C)cc(C)c21. The van der Waals surface area contributed by atoms with Gasteiger partial charge in [-0.1, -0.05) is 47.7 Å². The fraction of sp³-hybridized carbons (Fsp3) is 0.300. The summed E-state index contributed by atoms with van der Waals surface area (Å²) < 4.78 is 8.49. The van der Waals surface area contributed by atoms with E-state index in [0.29, 0.717) is 19.6 Å². The number of carbonyl (C=O) groups excluding carboxylic acids is 1. The fourth-order valence-corrected chi connectivity index (χ4v) is 4.23. The Kier molecular flexibility index (Phi) is 5.46. The molecule has 0 saturated heterocycles. The molecular weight excluding hydrogens is 332 g/mol. The molecule has 0 saturated carbocycles. The molecule has 0 fully saturated rings. The van der Waals surface area contributed by atoms with Crippen molar-refractivity contribution in [3.8, 4) is 0 Å². The molecule has 0 spiro atoms. The lowest BCUT2D eigenvalue weighted by atomic mass is 10.1. The quantitative estimate of drug-likeness (QED) is 0.702. The molecule has 0 aliphatic heterocycles. The smallest absolute Gasteiger partial charge is 0.252 e. The number of hydrogen-bond donors (Lipinski definition) is 0. The van der Waals surface area contributed by atoms with E-state index in [4.69, 9.17) is 4.74 Å². The second-order valence-corrected chi connectivity index (χ2v) is 7.13. The molecule has 1 aromatic heterocycles. The van der Waals surface area contributed by atoms with E-state index in [1.807, 2.05) is 30.3 Å². The molecule has 0 atom stereocenters. The number of carbonyl (C=O) groups is 1. The van der Waals surface area contributed by atoms with Crippen LogP contribution in [0.15, 0.2) is 47.5 Å². The van der Waals surface area contributed by atoms with Crippen LogP contribution in [0.25, 0.3) is 10.2 Å².